The van der Waals surface area contributed by atoms with E-state index in [0.717, 1.165) is 27.8 Å². The van der Waals surface area contributed by atoms with Gasteiger partial charge in [0.05, 0.1) is 18.3 Å². The van der Waals surface area contributed by atoms with Crippen LogP contribution in [-0.2, 0) is 26.4 Å². The zero-order chi connectivity index (χ0) is 26.4. The standard InChI is InChI=1S/C32H31N3O3/c1-2-38-31(37)24-35-22-25(21-33-35)20-26-23-34(19-18-30(26)36)32(27-12-6-3-7-13-27,28-14-8-4-9-15-28)29-16-10-5-11-17-29/h3-17,20-22H,2,18-19,23-24H2,1H3/b26-20-. The van der Waals surface area contributed by atoms with Crippen molar-refractivity contribution in [3.05, 3.63) is 131 Å². The Morgan fingerprint density at radius 2 is 1.47 bits per heavy atom. The molecule has 4 aromatic rings. The molecule has 3 aromatic carbocycles. The zero-order valence-electron chi connectivity index (χ0n) is 21.5. The molecule has 0 atom stereocenters. The van der Waals surface area contributed by atoms with Gasteiger partial charge in [0.2, 0.25) is 0 Å². The quantitative estimate of drug-likeness (QED) is 0.189. The van der Waals surface area contributed by atoms with Crippen molar-refractivity contribution in [3.63, 3.8) is 0 Å². The number of hydrogen-bond acceptors (Lipinski definition) is 5. The van der Waals surface area contributed by atoms with E-state index in [1.165, 1.54) is 4.68 Å². The van der Waals surface area contributed by atoms with Crippen LogP contribution in [0.3, 0.4) is 0 Å². The SMILES string of the molecule is CCOC(=O)Cn1cc(/C=C2/CN(C(c3ccccc3)(c3ccccc3)c3ccccc3)CCC2=O)cn1. The molecule has 0 aliphatic carbocycles. The number of benzene rings is 3. The Balaban J connectivity index is 1.57. The molecule has 0 unspecified atom stereocenters. The lowest BCUT2D eigenvalue weighted by Crippen LogP contribution is -2.52. The number of likely N-dealkylation sites (tertiary alicyclic amines) is 1. The molecule has 0 spiro atoms. The van der Waals surface area contributed by atoms with Crippen molar-refractivity contribution in [2.45, 2.75) is 25.4 Å². The number of Topliss-reactive ketones (excluding diaryl/α,β-unsaturated/α-hetero) is 1. The van der Waals surface area contributed by atoms with E-state index in [9.17, 15) is 9.59 Å². The Hall–Kier alpha value is -4.29. The summed E-state index contributed by atoms with van der Waals surface area (Å²) in [5, 5.41) is 4.29. The van der Waals surface area contributed by atoms with Crippen LogP contribution in [-0.4, -0.2) is 46.1 Å². The highest BCUT2D eigenvalue weighted by Gasteiger charge is 2.44. The molecule has 0 N–H and O–H groups in total. The van der Waals surface area contributed by atoms with Gasteiger partial charge in [-0.05, 0) is 29.7 Å². The number of carbonyl (C=O) groups excluding carboxylic acids is 2. The lowest BCUT2D eigenvalue weighted by Gasteiger charge is -2.47. The fourth-order valence-corrected chi connectivity index (χ4v) is 5.35. The molecule has 0 radical (unpaired) electrons. The van der Waals surface area contributed by atoms with E-state index in [0.29, 0.717) is 26.1 Å². The minimum Gasteiger partial charge on any atom is -0.465 e. The topological polar surface area (TPSA) is 64.4 Å². The van der Waals surface area contributed by atoms with E-state index in [1.54, 1.807) is 19.3 Å². The van der Waals surface area contributed by atoms with Crippen molar-refractivity contribution >= 4 is 17.8 Å². The van der Waals surface area contributed by atoms with Crippen LogP contribution in [0.15, 0.2) is 109 Å². The average molecular weight is 506 g/mol. The van der Waals surface area contributed by atoms with E-state index >= 15 is 0 Å². The molecule has 0 saturated carbocycles. The smallest absolute Gasteiger partial charge is 0.327 e. The number of hydrogen-bond donors (Lipinski definition) is 0. The van der Waals surface area contributed by atoms with Gasteiger partial charge >= 0.3 is 5.97 Å². The van der Waals surface area contributed by atoms with Crippen molar-refractivity contribution in [3.8, 4) is 0 Å². The van der Waals surface area contributed by atoms with Crippen molar-refractivity contribution < 1.29 is 14.3 Å². The second-order valence-corrected chi connectivity index (χ2v) is 9.35. The summed E-state index contributed by atoms with van der Waals surface area (Å²) in [6.07, 6.45) is 5.76. The van der Waals surface area contributed by atoms with Crippen molar-refractivity contribution in [1.29, 1.82) is 0 Å². The van der Waals surface area contributed by atoms with E-state index in [-0.39, 0.29) is 18.3 Å². The van der Waals surface area contributed by atoms with Gasteiger partial charge in [0.25, 0.3) is 0 Å². The maximum Gasteiger partial charge on any atom is 0.327 e. The van der Waals surface area contributed by atoms with Gasteiger partial charge in [-0.2, -0.15) is 5.10 Å². The van der Waals surface area contributed by atoms with E-state index in [1.807, 2.05) is 24.3 Å². The van der Waals surface area contributed by atoms with Gasteiger partial charge in [-0.1, -0.05) is 91.0 Å². The third-order valence-electron chi connectivity index (χ3n) is 6.97. The lowest BCUT2D eigenvalue weighted by molar-refractivity contribution is -0.144. The number of ketones is 1. The van der Waals surface area contributed by atoms with Crippen LogP contribution in [0.2, 0.25) is 0 Å². The Morgan fingerprint density at radius 3 is 2.00 bits per heavy atom. The first-order chi connectivity index (χ1) is 18.6. The van der Waals surface area contributed by atoms with Gasteiger partial charge in [0, 0.05) is 36.8 Å². The summed E-state index contributed by atoms with van der Waals surface area (Å²) in [5.74, 6) is -0.212. The number of aromatic nitrogens is 2. The Morgan fingerprint density at radius 1 is 0.921 bits per heavy atom. The van der Waals surface area contributed by atoms with Crippen LogP contribution < -0.4 is 0 Å². The number of ether oxygens (including phenoxy) is 1. The van der Waals surface area contributed by atoms with E-state index < -0.39 is 5.54 Å². The summed E-state index contributed by atoms with van der Waals surface area (Å²) in [4.78, 5) is 27.4. The largest absolute Gasteiger partial charge is 0.465 e. The summed E-state index contributed by atoms with van der Waals surface area (Å²) in [5.41, 5.74) is 4.36. The van der Waals surface area contributed by atoms with Crippen molar-refractivity contribution in [2.24, 2.45) is 0 Å². The molecule has 38 heavy (non-hydrogen) atoms. The highest BCUT2D eigenvalue weighted by atomic mass is 16.5. The summed E-state index contributed by atoms with van der Waals surface area (Å²) in [6, 6.07) is 31.5. The van der Waals surface area contributed by atoms with Gasteiger partial charge < -0.3 is 4.74 Å². The molecule has 2 heterocycles. The Labute approximate surface area is 223 Å². The summed E-state index contributed by atoms with van der Waals surface area (Å²) in [6.45, 7) is 3.23. The number of rotatable bonds is 8. The molecule has 192 valence electrons. The van der Waals surface area contributed by atoms with Gasteiger partial charge in [-0.3, -0.25) is 19.2 Å². The molecule has 0 bridgehead atoms. The maximum absolute atomic E-state index is 13.2. The summed E-state index contributed by atoms with van der Waals surface area (Å²) >= 11 is 0. The fraction of sp³-hybridized carbons (Fsp3) is 0.219. The normalized spacial score (nSPS) is 15.5. The first kappa shape index (κ1) is 25.4. The molecular formula is C32H31N3O3. The highest BCUT2D eigenvalue weighted by molar-refractivity contribution is 6.00. The Kier molecular flexibility index (Phi) is 7.61. The van der Waals surface area contributed by atoms with Crippen LogP contribution in [0.1, 0.15) is 35.6 Å². The second kappa shape index (κ2) is 11.4. The van der Waals surface area contributed by atoms with Crippen LogP contribution in [0.4, 0.5) is 0 Å². The van der Waals surface area contributed by atoms with E-state index in [4.69, 9.17) is 4.74 Å². The van der Waals surface area contributed by atoms with Crippen LogP contribution in [0.5, 0.6) is 0 Å². The predicted octanol–water partition coefficient (Wildman–Crippen LogP) is 5.10. The van der Waals surface area contributed by atoms with Gasteiger partial charge in [0.1, 0.15) is 6.54 Å². The molecule has 1 aromatic heterocycles. The molecule has 1 fully saturated rings. The molecule has 1 saturated heterocycles. The molecule has 6 nitrogen and oxygen atoms in total. The molecule has 0 amide bonds. The molecule has 1 aliphatic heterocycles. The predicted molar refractivity (Wildman–Crippen MR) is 147 cm³/mol. The summed E-state index contributed by atoms with van der Waals surface area (Å²) < 4.78 is 6.56. The van der Waals surface area contributed by atoms with Crippen molar-refractivity contribution in [1.82, 2.24) is 14.7 Å². The third-order valence-corrected chi connectivity index (χ3v) is 6.97. The molecular weight excluding hydrogens is 474 g/mol. The Bertz CT molecular complexity index is 1320. The second-order valence-electron chi connectivity index (χ2n) is 9.35. The molecule has 1 aliphatic rings. The number of nitrogens with zero attached hydrogens (tertiary/aromatic N) is 3. The average Bonchev–Trinajstić information content (AvgIpc) is 3.39. The molecule has 5 rings (SSSR count). The number of piperidine rings is 1. The summed E-state index contributed by atoms with van der Waals surface area (Å²) in [7, 11) is 0. The van der Waals surface area contributed by atoms with Gasteiger partial charge in [0.15, 0.2) is 5.78 Å². The first-order valence-electron chi connectivity index (χ1n) is 12.9. The third kappa shape index (κ3) is 5.08. The van der Waals surface area contributed by atoms with Crippen LogP contribution in [0.25, 0.3) is 6.08 Å². The minimum absolute atomic E-state index is 0.0379. The molecule has 6 heteroatoms. The lowest BCUT2D eigenvalue weighted by atomic mass is 9.74. The number of carbonyl (C=O) groups is 2. The van der Waals surface area contributed by atoms with Crippen molar-refractivity contribution in [2.75, 3.05) is 19.7 Å². The van der Waals surface area contributed by atoms with Crippen LogP contribution >= 0.6 is 0 Å². The van der Waals surface area contributed by atoms with E-state index in [2.05, 4.69) is 82.8 Å². The maximum atomic E-state index is 13.2. The fourth-order valence-electron chi connectivity index (χ4n) is 5.35. The van der Waals surface area contributed by atoms with Gasteiger partial charge in [-0.15, -0.1) is 0 Å². The minimum atomic E-state index is -0.586. The number of esters is 1. The highest BCUT2D eigenvalue weighted by Crippen LogP contribution is 2.43. The zero-order valence-corrected chi connectivity index (χ0v) is 21.5. The van der Waals surface area contributed by atoms with Crippen LogP contribution in [0, 0.1) is 0 Å². The monoisotopic (exact) mass is 505 g/mol. The van der Waals surface area contributed by atoms with Gasteiger partial charge in [-0.25, -0.2) is 0 Å². The first-order valence-corrected chi connectivity index (χ1v) is 12.9.